The molecule has 0 radical (unpaired) electrons. The van der Waals surface area contributed by atoms with Crippen molar-refractivity contribution >= 4 is 23.8 Å². The first-order chi connectivity index (χ1) is 16.6. The van der Waals surface area contributed by atoms with E-state index in [4.69, 9.17) is 4.74 Å². The Morgan fingerprint density at radius 2 is 1.68 bits per heavy atom. The molecule has 1 spiro atoms. The quantitative estimate of drug-likeness (QED) is 0.540. The average molecular weight is 483 g/mol. The SMILES string of the molecule is O=C(OCc1ccccc1)N1CCC(C2=CC(C(=O)N3CCCC4(CCCCC4)C3)CS2)CC1. The lowest BCUT2D eigenvalue weighted by molar-refractivity contribution is -0.137. The highest BCUT2D eigenvalue weighted by Gasteiger charge is 2.40. The van der Waals surface area contributed by atoms with Crippen molar-refractivity contribution in [3.8, 4) is 0 Å². The summed E-state index contributed by atoms with van der Waals surface area (Å²) in [4.78, 5) is 31.3. The summed E-state index contributed by atoms with van der Waals surface area (Å²) in [6.45, 7) is 3.70. The average Bonchev–Trinajstić information content (AvgIpc) is 3.38. The molecule has 0 bridgehead atoms. The lowest BCUT2D eigenvalue weighted by atomic mass is 9.69. The number of carbonyl (C=O) groups is 2. The molecule has 4 aliphatic rings. The van der Waals surface area contributed by atoms with E-state index in [0.717, 1.165) is 50.3 Å². The molecule has 1 aromatic carbocycles. The molecule has 5 rings (SSSR count). The summed E-state index contributed by atoms with van der Waals surface area (Å²) in [5, 5.41) is 0. The van der Waals surface area contributed by atoms with E-state index in [-0.39, 0.29) is 12.0 Å². The zero-order valence-corrected chi connectivity index (χ0v) is 21.1. The van der Waals surface area contributed by atoms with Crippen LogP contribution in [0, 0.1) is 17.3 Å². The van der Waals surface area contributed by atoms with E-state index < -0.39 is 0 Å². The summed E-state index contributed by atoms with van der Waals surface area (Å²) in [7, 11) is 0. The standard InChI is InChI=1S/C28H38N2O3S/c31-26(30-15-7-14-28(21-30)12-5-2-6-13-28)24-18-25(34-20-24)23-10-16-29(17-11-23)27(32)33-19-22-8-3-1-4-9-22/h1,3-4,8-9,18,23-24H,2,5-7,10-17,19-21H2. The molecule has 0 aromatic heterocycles. The number of carbonyl (C=O) groups excluding carboxylic acids is 2. The molecule has 34 heavy (non-hydrogen) atoms. The van der Waals surface area contributed by atoms with E-state index in [1.54, 1.807) is 0 Å². The van der Waals surface area contributed by atoms with Crippen molar-refractivity contribution < 1.29 is 14.3 Å². The van der Waals surface area contributed by atoms with E-state index in [1.807, 2.05) is 47.0 Å². The molecular formula is C28H38N2O3S. The van der Waals surface area contributed by atoms with E-state index in [0.29, 0.717) is 23.8 Å². The summed E-state index contributed by atoms with van der Waals surface area (Å²) in [6, 6.07) is 9.82. The summed E-state index contributed by atoms with van der Waals surface area (Å²) < 4.78 is 5.51. The van der Waals surface area contributed by atoms with Crippen LogP contribution in [-0.4, -0.2) is 53.7 Å². The van der Waals surface area contributed by atoms with Crippen LogP contribution in [0.25, 0.3) is 0 Å². The molecule has 3 aliphatic heterocycles. The Morgan fingerprint density at radius 3 is 2.44 bits per heavy atom. The van der Waals surface area contributed by atoms with E-state index in [2.05, 4.69) is 11.0 Å². The molecule has 2 saturated heterocycles. The van der Waals surface area contributed by atoms with Gasteiger partial charge in [-0.15, -0.1) is 11.8 Å². The van der Waals surface area contributed by atoms with Gasteiger partial charge >= 0.3 is 6.09 Å². The lowest BCUT2D eigenvalue weighted by Crippen LogP contribution is -2.48. The van der Waals surface area contributed by atoms with Gasteiger partial charge in [0, 0.05) is 31.9 Å². The Kier molecular flexibility index (Phi) is 7.52. The van der Waals surface area contributed by atoms with Crippen LogP contribution in [0.1, 0.15) is 63.4 Å². The summed E-state index contributed by atoms with van der Waals surface area (Å²) >= 11 is 1.87. The van der Waals surface area contributed by atoms with Gasteiger partial charge in [-0.05, 0) is 60.3 Å². The predicted octanol–water partition coefficient (Wildman–Crippen LogP) is 5.86. The fourth-order valence-corrected chi connectivity index (χ4v) is 7.72. The van der Waals surface area contributed by atoms with Crippen molar-refractivity contribution in [2.45, 2.75) is 64.4 Å². The van der Waals surface area contributed by atoms with Gasteiger partial charge in [0.1, 0.15) is 6.61 Å². The molecule has 5 nitrogen and oxygen atoms in total. The molecule has 6 heteroatoms. The maximum absolute atomic E-state index is 13.4. The molecule has 0 N–H and O–H groups in total. The van der Waals surface area contributed by atoms with Crippen LogP contribution in [0.2, 0.25) is 0 Å². The number of allylic oxidation sites excluding steroid dienone is 1. The molecule has 1 saturated carbocycles. The predicted molar refractivity (Wildman–Crippen MR) is 136 cm³/mol. The second-order valence-electron chi connectivity index (χ2n) is 10.7. The van der Waals surface area contributed by atoms with Gasteiger partial charge in [0.15, 0.2) is 0 Å². The van der Waals surface area contributed by atoms with Crippen LogP contribution < -0.4 is 0 Å². The first-order valence-electron chi connectivity index (χ1n) is 13.2. The Morgan fingerprint density at radius 1 is 0.941 bits per heavy atom. The topological polar surface area (TPSA) is 49.9 Å². The van der Waals surface area contributed by atoms with Gasteiger partial charge in [-0.1, -0.05) is 55.7 Å². The second kappa shape index (κ2) is 10.8. The van der Waals surface area contributed by atoms with E-state index >= 15 is 0 Å². The van der Waals surface area contributed by atoms with Crippen molar-refractivity contribution in [1.82, 2.24) is 9.80 Å². The lowest BCUT2D eigenvalue weighted by Gasteiger charge is -2.45. The third-order valence-corrected chi connectivity index (χ3v) is 9.69. The van der Waals surface area contributed by atoms with Crippen LogP contribution in [0.5, 0.6) is 0 Å². The maximum atomic E-state index is 13.4. The van der Waals surface area contributed by atoms with Crippen LogP contribution in [0.15, 0.2) is 41.3 Å². The minimum atomic E-state index is -0.217. The van der Waals surface area contributed by atoms with Crippen LogP contribution >= 0.6 is 11.8 Å². The Bertz CT molecular complexity index is 883. The minimum Gasteiger partial charge on any atom is -0.445 e. The van der Waals surface area contributed by atoms with Crippen LogP contribution in [0.4, 0.5) is 4.79 Å². The van der Waals surface area contributed by atoms with E-state index in [1.165, 1.54) is 49.9 Å². The van der Waals surface area contributed by atoms with Crippen LogP contribution in [-0.2, 0) is 16.1 Å². The van der Waals surface area contributed by atoms with Gasteiger partial charge in [0.25, 0.3) is 0 Å². The summed E-state index contributed by atoms with van der Waals surface area (Å²) in [6.07, 6.45) is 13.1. The van der Waals surface area contributed by atoms with Gasteiger partial charge in [-0.25, -0.2) is 4.79 Å². The molecule has 3 fully saturated rings. The molecule has 3 heterocycles. The molecule has 184 valence electrons. The first-order valence-corrected chi connectivity index (χ1v) is 14.2. The van der Waals surface area contributed by atoms with Crippen molar-refractivity contribution in [2.75, 3.05) is 31.9 Å². The summed E-state index contributed by atoms with van der Waals surface area (Å²) in [5.41, 5.74) is 1.42. The normalized spacial score (nSPS) is 25.3. The molecule has 1 unspecified atom stereocenters. The van der Waals surface area contributed by atoms with Gasteiger partial charge in [-0.2, -0.15) is 0 Å². The third kappa shape index (κ3) is 5.48. The molecular weight excluding hydrogens is 444 g/mol. The number of piperidine rings is 2. The molecule has 1 aliphatic carbocycles. The first kappa shape index (κ1) is 23.8. The number of ether oxygens (including phenoxy) is 1. The highest BCUT2D eigenvalue weighted by atomic mass is 32.2. The number of amides is 2. The van der Waals surface area contributed by atoms with Crippen molar-refractivity contribution in [1.29, 1.82) is 0 Å². The number of benzene rings is 1. The van der Waals surface area contributed by atoms with E-state index in [9.17, 15) is 9.59 Å². The smallest absolute Gasteiger partial charge is 0.410 e. The largest absolute Gasteiger partial charge is 0.445 e. The number of thioether (sulfide) groups is 1. The number of nitrogens with zero attached hydrogens (tertiary/aromatic N) is 2. The highest BCUT2D eigenvalue weighted by Crippen LogP contribution is 2.44. The van der Waals surface area contributed by atoms with Crippen LogP contribution in [0.3, 0.4) is 0 Å². The fraction of sp³-hybridized carbons (Fsp3) is 0.643. The number of hydrogen-bond donors (Lipinski definition) is 0. The minimum absolute atomic E-state index is 0.0348. The zero-order valence-electron chi connectivity index (χ0n) is 20.3. The monoisotopic (exact) mass is 482 g/mol. The maximum Gasteiger partial charge on any atom is 0.410 e. The van der Waals surface area contributed by atoms with Gasteiger partial charge in [-0.3, -0.25) is 4.79 Å². The number of rotatable bonds is 4. The Labute approximate surface area is 208 Å². The third-order valence-electron chi connectivity index (χ3n) is 8.36. The van der Waals surface area contributed by atoms with Gasteiger partial charge in [0.2, 0.25) is 5.91 Å². The number of likely N-dealkylation sites (tertiary alicyclic amines) is 2. The van der Waals surface area contributed by atoms with Crippen molar-refractivity contribution in [3.05, 3.63) is 46.9 Å². The highest BCUT2D eigenvalue weighted by molar-refractivity contribution is 8.03. The molecule has 1 aromatic rings. The van der Waals surface area contributed by atoms with Gasteiger partial charge in [0.05, 0.1) is 5.92 Å². The molecule has 1 atom stereocenters. The summed E-state index contributed by atoms with van der Waals surface area (Å²) in [5.74, 6) is 1.74. The second-order valence-corrected chi connectivity index (χ2v) is 11.8. The van der Waals surface area contributed by atoms with Gasteiger partial charge < -0.3 is 14.5 Å². The number of hydrogen-bond acceptors (Lipinski definition) is 4. The molecule has 2 amide bonds. The fourth-order valence-electron chi connectivity index (χ4n) is 6.37. The van der Waals surface area contributed by atoms with Crippen molar-refractivity contribution in [3.63, 3.8) is 0 Å². The Balaban J connectivity index is 1.10. The Hall–Kier alpha value is -1.95. The zero-order chi connectivity index (χ0) is 23.4. The van der Waals surface area contributed by atoms with Crippen molar-refractivity contribution in [2.24, 2.45) is 17.3 Å².